The van der Waals surface area contributed by atoms with Crippen molar-refractivity contribution in [3.05, 3.63) is 95.6 Å². The van der Waals surface area contributed by atoms with Gasteiger partial charge in [0.05, 0.1) is 23.5 Å². The smallest absolute Gasteiger partial charge is 0.251 e. The molecule has 0 aromatic heterocycles. The Morgan fingerprint density at radius 2 is 1.56 bits per heavy atom. The molecule has 2 aliphatic heterocycles. The molecule has 1 unspecified atom stereocenters. The number of carbonyl (C=O) groups excluding carboxylic acids is 2. The maximum absolute atomic E-state index is 13.5. The van der Waals surface area contributed by atoms with Gasteiger partial charge >= 0.3 is 0 Å². The Morgan fingerprint density at radius 3 is 2.16 bits per heavy atom. The number of halogens is 1. The fourth-order valence-electron chi connectivity index (χ4n) is 6.08. The first-order chi connectivity index (χ1) is 20.2. The molecule has 0 radical (unpaired) electrons. The number of amides is 2. The van der Waals surface area contributed by atoms with Gasteiger partial charge in [-0.05, 0) is 86.3 Å². The zero-order valence-electron chi connectivity index (χ0n) is 24.7. The van der Waals surface area contributed by atoms with E-state index >= 15 is 0 Å². The number of benzene rings is 3. The predicted octanol–water partition coefficient (Wildman–Crippen LogP) is 4.90. The van der Waals surface area contributed by atoms with Crippen molar-refractivity contribution in [1.29, 1.82) is 0 Å². The number of nitrogens with zero attached hydrogens (tertiary/aromatic N) is 2. The molecule has 0 saturated carbocycles. The molecule has 1 spiro atoms. The SMILES string of the molecule is COc1ccc(C(=O)NC(CCN2CCC3(CC2)CCN(Cc2ccc(S(C)(=O)=O)cc2)C3=O)c2ccccc2)cc1.Cl. The van der Waals surface area contributed by atoms with E-state index in [4.69, 9.17) is 4.74 Å². The molecule has 2 saturated heterocycles. The monoisotopic (exact) mass is 625 g/mol. The summed E-state index contributed by atoms with van der Waals surface area (Å²) in [5.41, 5.74) is 2.28. The number of methoxy groups -OCH3 is 1. The molecule has 10 heteroatoms. The van der Waals surface area contributed by atoms with Crippen molar-refractivity contribution in [2.24, 2.45) is 5.41 Å². The normalized spacial score (nSPS) is 17.3. The Morgan fingerprint density at radius 1 is 0.930 bits per heavy atom. The third kappa shape index (κ3) is 7.77. The summed E-state index contributed by atoms with van der Waals surface area (Å²) in [5.74, 6) is 0.802. The lowest BCUT2D eigenvalue weighted by Crippen LogP contribution is -2.45. The number of piperidine rings is 1. The summed E-state index contributed by atoms with van der Waals surface area (Å²) < 4.78 is 28.7. The maximum atomic E-state index is 13.5. The molecule has 1 N–H and O–H groups in total. The predicted molar refractivity (Wildman–Crippen MR) is 169 cm³/mol. The van der Waals surface area contributed by atoms with Gasteiger partial charge in [-0.15, -0.1) is 12.4 Å². The highest BCUT2D eigenvalue weighted by Crippen LogP contribution is 2.42. The maximum Gasteiger partial charge on any atom is 0.251 e. The number of nitrogens with one attached hydrogen (secondary N) is 1. The van der Waals surface area contributed by atoms with Crippen LogP contribution in [0.15, 0.2) is 83.8 Å². The first-order valence-corrected chi connectivity index (χ1v) is 16.4. The van der Waals surface area contributed by atoms with E-state index in [1.54, 1.807) is 55.6 Å². The summed E-state index contributed by atoms with van der Waals surface area (Å²) in [4.78, 5) is 31.2. The summed E-state index contributed by atoms with van der Waals surface area (Å²) in [7, 11) is -1.64. The topological polar surface area (TPSA) is 96.0 Å². The molecule has 2 amide bonds. The van der Waals surface area contributed by atoms with Gasteiger partial charge in [-0.1, -0.05) is 42.5 Å². The Hall–Kier alpha value is -3.40. The quantitative estimate of drug-likeness (QED) is 0.345. The first-order valence-electron chi connectivity index (χ1n) is 14.5. The molecule has 3 aromatic rings. The second-order valence-corrected chi connectivity index (χ2v) is 13.5. The molecule has 230 valence electrons. The van der Waals surface area contributed by atoms with E-state index in [0.717, 1.165) is 63.0 Å². The van der Waals surface area contributed by atoms with Crippen LogP contribution in [0.3, 0.4) is 0 Å². The summed E-state index contributed by atoms with van der Waals surface area (Å²) in [6, 6.07) is 23.9. The number of hydrogen-bond acceptors (Lipinski definition) is 6. The van der Waals surface area contributed by atoms with Crippen molar-refractivity contribution in [2.45, 2.75) is 43.2 Å². The number of ether oxygens (including phenoxy) is 1. The van der Waals surface area contributed by atoms with E-state index in [1.165, 1.54) is 6.26 Å². The third-order valence-corrected chi connectivity index (χ3v) is 9.86. The Balaban J connectivity index is 0.00000423. The zero-order valence-corrected chi connectivity index (χ0v) is 26.3. The number of rotatable bonds is 10. The molecular weight excluding hydrogens is 586 g/mol. The van der Waals surface area contributed by atoms with Crippen LogP contribution >= 0.6 is 12.4 Å². The van der Waals surface area contributed by atoms with Crippen LogP contribution in [0.1, 0.15) is 53.2 Å². The van der Waals surface area contributed by atoms with Crippen molar-refractivity contribution in [3.8, 4) is 5.75 Å². The number of carbonyl (C=O) groups is 2. The molecule has 3 aromatic carbocycles. The van der Waals surface area contributed by atoms with Gasteiger partial charge in [0.25, 0.3) is 5.91 Å². The number of sulfone groups is 1. The Bertz CT molecular complexity index is 1490. The van der Waals surface area contributed by atoms with Crippen molar-refractivity contribution in [3.63, 3.8) is 0 Å². The molecule has 43 heavy (non-hydrogen) atoms. The Kier molecular flexibility index (Phi) is 10.5. The molecule has 0 bridgehead atoms. The van der Waals surface area contributed by atoms with E-state index in [2.05, 4.69) is 10.2 Å². The molecule has 2 fully saturated rings. The lowest BCUT2D eigenvalue weighted by atomic mass is 9.77. The molecule has 2 heterocycles. The summed E-state index contributed by atoms with van der Waals surface area (Å²) in [6.07, 6.45) is 4.46. The van der Waals surface area contributed by atoms with Crippen LogP contribution in [-0.2, 0) is 21.2 Å². The standard InChI is InChI=1S/C33H39N3O5S.ClH/c1-41-28-12-10-27(11-13-28)31(37)34-30(26-6-4-3-5-7-26)16-20-35-21-17-33(18-22-35)19-23-36(32(33)38)24-25-8-14-29(15-9-25)42(2,39)40;/h3-15,30H,16-24H2,1-2H3,(H,34,37);1H. The van der Waals surface area contributed by atoms with E-state index in [-0.39, 0.29) is 40.6 Å². The van der Waals surface area contributed by atoms with Gasteiger partial charge in [0.15, 0.2) is 9.84 Å². The zero-order chi connectivity index (χ0) is 29.7. The van der Waals surface area contributed by atoms with E-state index in [0.29, 0.717) is 17.9 Å². The van der Waals surface area contributed by atoms with Crippen molar-refractivity contribution in [2.75, 3.05) is 39.5 Å². The molecule has 0 aliphatic carbocycles. The average Bonchev–Trinajstić information content (AvgIpc) is 3.30. The van der Waals surface area contributed by atoms with Gasteiger partial charge in [0, 0.05) is 31.5 Å². The van der Waals surface area contributed by atoms with E-state index in [1.807, 2.05) is 35.2 Å². The first kappa shape index (κ1) is 32.5. The van der Waals surface area contributed by atoms with Crippen LogP contribution in [0, 0.1) is 5.41 Å². The van der Waals surface area contributed by atoms with E-state index in [9.17, 15) is 18.0 Å². The third-order valence-electron chi connectivity index (χ3n) is 8.73. The van der Waals surface area contributed by atoms with Gasteiger partial charge in [-0.3, -0.25) is 9.59 Å². The molecule has 8 nitrogen and oxygen atoms in total. The fourth-order valence-corrected chi connectivity index (χ4v) is 6.71. The summed E-state index contributed by atoms with van der Waals surface area (Å²) >= 11 is 0. The van der Waals surface area contributed by atoms with Crippen LogP contribution in [0.5, 0.6) is 5.75 Å². The fraction of sp³-hybridized carbons (Fsp3) is 0.394. The van der Waals surface area contributed by atoms with E-state index < -0.39 is 9.84 Å². The minimum atomic E-state index is -3.24. The lowest BCUT2D eigenvalue weighted by molar-refractivity contribution is -0.138. The van der Waals surface area contributed by atoms with Crippen LogP contribution in [0.25, 0.3) is 0 Å². The minimum Gasteiger partial charge on any atom is -0.497 e. The van der Waals surface area contributed by atoms with Gasteiger partial charge in [-0.2, -0.15) is 0 Å². The van der Waals surface area contributed by atoms with Crippen LogP contribution < -0.4 is 10.1 Å². The highest BCUT2D eigenvalue weighted by Gasteiger charge is 2.47. The van der Waals surface area contributed by atoms with Gasteiger partial charge in [0.1, 0.15) is 5.75 Å². The molecule has 2 aliphatic rings. The Labute approximate surface area is 260 Å². The van der Waals surface area contributed by atoms with Crippen LogP contribution in [0.4, 0.5) is 0 Å². The molecule has 5 rings (SSSR count). The highest BCUT2D eigenvalue weighted by atomic mass is 35.5. The summed E-state index contributed by atoms with van der Waals surface area (Å²) in [5, 5.41) is 3.22. The average molecular weight is 626 g/mol. The highest BCUT2D eigenvalue weighted by molar-refractivity contribution is 7.90. The van der Waals surface area contributed by atoms with Gasteiger partial charge in [-0.25, -0.2) is 8.42 Å². The molecule has 1 atom stereocenters. The molecular formula is C33H40ClN3O5S. The second kappa shape index (κ2) is 13.9. The van der Waals surface area contributed by atoms with Crippen molar-refractivity contribution in [1.82, 2.24) is 15.1 Å². The minimum absolute atomic E-state index is 0. The van der Waals surface area contributed by atoms with Crippen molar-refractivity contribution >= 4 is 34.1 Å². The largest absolute Gasteiger partial charge is 0.497 e. The van der Waals surface area contributed by atoms with Gasteiger partial charge in [0.2, 0.25) is 5.91 Å². The number of likely N-dealkylation sites (tertiary alicyclic amines) is 2. The number of hydrogen-bond donors (Lipinski definition) is 1. The van der Waals surface area contributed by atoms with Crippen LogP contribution in [-0.4, -0.2) is 69.6 Å². The second-order valence-electron chi connectivity index (χ2n) is 11.5. The lowest BCUT2D eigenvalue weighted by Gasteiger charge is -2.38. The summed E-state index contributed by atoms with van der Waals surface area (Å²) in [6.45, 7) is 3.73. The van der Waals surface area contributed by atoms with Crippen molar-refractivity contribution < 1.29 is 22.7 Å². The van der Waals surface area contributed by atoms with Crippen LogP contribution in [0.2, 0.25) is 0 Å². The van der Waals surface area contributed by atoms with Gasteiger partial charge < -0.3 is 19.9 Å².